The Balaban J connectivity index is 1.84. The number of benzene rings is 2. The number of phenols is 1. The molecular weight excluding hydrogens is 536 g/mol. The Bertz CT molecular complexity index is 1400. The van der Waals surface area contributed by atoms with Crippen molar-refractivity contribution < 1.29 is 33.8 Å². The Morgan fingerprint density at radius 2 is 1.90 bits per heavy atom. The van der Waals surface area contributed by atoms with Gasteiger partial charge in [0.2, 0.25) is 5.75 Å². The number of dihydropyridines is 1. The van der Waals surface area contributed by atoms with Gasteiger partial charge in [0.05, 0.1) is 24.7 Å². The van der Waals surface area contributed by atoms with Crippen LogP contribution in [0.3, 0.4) is 0 Å². The fourth-order valence-electron chi connectivity index (χ4n) is 5.36. The van der Waals surface area contributed by atoms with Crippen LogP contribution < -0.4 is 14.8 Å². The number of nitro groups is 1. The fraction of sp³-hybridized carbons (Fsp3) is 0.379. The van der Waals surface area contributed by atoms with E-state index >= 15 is 0 Å². The van der Waals surface area contributed by atoms with Gasteiger partial charge in [-0.25, -0.2) is 4.79 Å². The molecule has 2 aliphatic rings. The third-order valence-electron chi connectivity index (χ3n) is 7.12. The van der Waals surface area contributed by atoms with Gasteiger partial charge >= 0.3 is 11.7 Å². The molecule has 2 aromatic carbocycles. The number of nitrogens with zero attached hydrogens (tertiary/aromatic N) is 1. The molecule has 1 aliphatic heterocycles. The number of aromatic hydroxyl groups is 1. The molecule has 11 heteroatoms. The summed E-state index contributed by atoms with van der Waals surface area (Å²) < 4.78 is 16.3. The van der Waals surface area contributed by atoms with Crippen molar-refractivity contribution in [1.29, 1.82) is 0 Å². The summed E-state index contributed by atoms with van der Waals surface area (Å²) in [6.07, 6.45) is 0.616. The molecular formula is C29H32N2O8S. The van der Waals surface area contributed by atoms with Crippen LogP contribution >= 0.6 is 11.8 Å². The van der Waals surface area contributed by atoms with E-state index in [9.17, 15) is 24.8 Å². The largest absolute Gasteiger partial charge is 0.500 e. The van der Waals surface area contributed by atoms with E-state index < -0.39 is 28.2 Å². The third kappa shape index (κ3) is 5.65. The van der Waals surface area contributed by atoms with E-state index in [0.717, 1.165) is 11.3 Å². The molecule has 1 heterocycles. The van der Waals surface area contributed by atoms with Crippen molar-refractivity contribution >= 4 is 29.2 Å². The van der Waals surface area contributed by atoms with Gasteiger partial charge in [0.15, 0.2) is 11.5 Å². The zero-order chi connectivity index (χ0) is 29.0. The number of methoxy groups -OCH3 is 2. The highest BCUT2D eigenvalue weighted by Gasteiger charge is 2.43. The minimum atomic E-state index is -0.957. The molecule has 0 unspecified atom stereocenters. The molecule has 0 bridgehead atoms. The van der Waals surface area contributed by atoms with Gasteiger partial charge in [-0.3, -0.25) is 14.9 Å². The van der Waals surface area contributed by atoms with E-state index in [-0.39, 0.29) is 41.6 Å². The number of rotatable bonds is 10. The molecule has 0 radical (unpaired) electrons. The first-order valence-electron chi connectivity index (χ1n) is 12.9. The summed E-state index contributed by atoms with van der Waals surface area (Å²) in [5, 5.41) is 25.5. The van der Waals surface area contributed by atoms with Gasteiger partial charge in [-0.1, -0.05) is 25.1 Å². The lowest BCUT2D eigenvalue weighted by Crippen LogP contribution is -2.36. The minimum absolute atomic E-state index is 0.134. The van der Waals surface area contributed by atoms with Gasteiger partial charge in [0.25, 0.3) is 0 Å². The van der Waals surface area contributed by atoms with Gasteiger partial charge < -0.3 is 24.6 Å². The predicted molar refractivity (Wildman–Crippen MR) is 151 cm³/mol. The van der Waals surface area contributed by atoms with Crippen molar-refractivity contribution in [2.24, 2.45) is 0 Å². The second-order valence-electron chi connectivity index (χ2n) is 9.44. The van der Waals surface area contributed by atoms with E-state index in [2.05, 4.69) is 5.32 Å². The smallest absolute Gasteiger partial charge is 0.336 e. The van der Waals surface area contributed by atoms with Gasteiger partial charge in [0, 0.05) is 47.0 Å². The second-order valence-corrected chi connectivity index (χ2v) is 10.8. The highest BCUT2D eigenvalue weighted by molar-refractivity contribution is 7.99. The molecule has 0 spiro atoms. The molecule has 0 fully saturated rings. The number of ether oxygens (including phenoxy) is 3. The van der Waals surface area contributed by atoms with Crippen molar-refractivity contribution in [3.05, 3.63) is 80.2 Å². The molecule has 0 saturated carbocycles. The van der Waals surface area contributed by atoms with Crippen LogP contribution in [-0.4, -0.2) is 54.1 Å². The number of hydrogen-bond acceptors (Lipinski definition) is 10. The summed E-state index contributed by atoms with van der Waals surface area (Å²) in [5.41, 5.74) is 2.22. The number of para-hydroxylation sites is 1. The lowest BCUT2D eigenvalue weighted by molar-refractivity contribution is -0.386. The lowest BCUT2D eigenvalue weighted by atomic mass is 9.71. The lowest BCUT2D eigenvalue weighted by Gasteiger charge is -2.37. The standard InChI is InChI=1S/C29H32N2O8S/c1-5-40-11-10-39-29(34)25-16(2)30-20-12-17(19-8-6-7-9-23(19)37-3)14-22(32)27(20)26(25)18-13-21(31(35)36)28(33)24(15-18)38-4/h6-9,13,15,17,26,30,33H,5,10-12,14H2,1-4H3/t17-,26+/m1/s1. The number of carbonyl (C=O) groups excluding carboxylic acids is 2. The first-order chi connectivity index (χ1) is 19.2. The number of phenolic OH excluding ortho intramolecular Hbond substituents is 1. The topological polar surface area (TPSA) is 137 Å². The Morgan fingerprint density at radius 1 is 1.18 bits per heavy atom. The average molecular weight is 569 g/mol. The third-order valence-corrected chi connectivity index (χ3v) is 7.98. The Labute approximate surface area is 236 Å². The summed E-state index contributed by atoms with van der Waals surface area (Å²) in [5.74, 6) is -0.560. The van der Waals surface area contributed by atoms with Crippen molar-refractivity contribution in [1.82, 2.24) is 5.32 Å². The fourth-order valence-corrected chi connectivity index (χ4v) is 5.85. The van der Waals surface area contributed by atoms with Crippen LogP contribution in [0.15, 0.2) is 58.9 Å². The molecule has 2 N–H and O–H groups in total. The van der Waals surface area contributed by atoms with Gasteiger partial charge in [0.1, 0.15) is 12.4 Å². The minimum Gasteiger partial charge on any atom is -0.500 e. The average Bonchev–Trinajstić information content (AvgIpc) is 2.94. The Kier molecular flexibility index (Phi) is 9.03. The number of ketones is 1. The van der Waals surface area contributed by atoms with E-state index in [4.69, 9.17) is 14.2 Å². The molecule has 0 amide bonds. The van der Waals surface area contributed by atoms with E-state index in [0.29, 0.717) is 34.9 Å². The summed E-state index contributed by atoms with van der Waals surface area (Å²) >= 11 is 1.62. The summed E-state index contributed by atoms with van der Waals surface area (Å²) in [7, 11) is 2.86. The van der Waals surface area contributed by atoms with Crippen LogP contribution in [0.4, 0.5) is 5.69 Å². The summed E-state index contributed by atoms with van der Waals surface area (Å²) in [6, 6.07) is 10.1. The number of nitrogens with one attached hydrogen (secondary N) is 1. The summed E-state index contributed by atoms with van der Waals surface area (Å²) in [6.45, 7) is 3.90. The molecule has 212 valence electrons. The zero-order valence-electron chi connectivity index (χ0n) is 22.8. The first-order valence-corrected chi connectivity index (χ1v) is 14.0. The van der Waals surface area contributed by atoms with Crippen molar-refractivity contribution in [3.63, 3.8) is 0 Å². The van der Waals surface area contributed by atoms with Crippen LogP contribution in [0.1, 0.15) is 49.7 Å². The number of hydrogen-bond donors (Lipinski definition) is 2. The Morgan fingerprint density at radius 3 is 2.58 bits per heavy atom. The maximum atomic E-state index is 13.9. The number of Topliss-reactive ketones (excluding diaryl/α,β-unsaturated/α-hetero) is 1. The highest BCUT2D eigenvalue weighted by atomic mass is 32.2. The van der Waals surface area contributed by atoms with Crippen molar-refractivity contribution in [2.45, 2.75) is 38.5 Å². The molecule has 2 atom stereocenters. The maximum Gasteiger partial charge on any atom is 0.336 e. The molecule has 4 rings (SSSR count). The quantitative estimate of drug-likeness (QED) is 0.175. The normalized spacial score (nSPS) is 18.6. The maximum absolute atomic E-state index is 13.9. The van der Waals surface area contributed by atoms with Gasteiger partial charge in [-0.2, -0.15) is 11.8 Å². The SMILES string of the molecule is CCSCCOC(=O)C1=C(C)NC2=C(C(=O)C[C@H](c3ccccc3OC)C2)[C@H]1c1cc(OC)c(O)c([N+](=O)[O-])c1. The number of carbonyl (C=O) groups is 2. The van der Waals surface area contributed by atoms with Crippen LogP contribution in [-0.2, 0) is 14.3 Å². The molecule has 2 aromatic rings. The highest BCUT2D eigenvalue weighted by Crippen LogP contribution is 2.49. The summed E-state index contributed by atoms with van der Waals surface area (Å²) in [4.78, 5) is 38.4. The molecule has 0 aromatic heterocycles. The Hall–Kier alpha value is -3.99. The van der Waals surface area contributed by atoms with Crippen LogP contribution in [0.25, 0.3) is 0 Å². The number of allylic oxidation sites excluding steroid dienone is 3. The van der Waals surface area contributed by atoms with E-state index in [1.165, 1.54) is 19.2 Å². The zero-order valence-corrected chi connectivity index (χ0v) is 23.6. The van der Waals surface area contributed by atoms with Crippen LogP contribution in [0.5, 0.6) is 17.2 Å². The molecule has 1 aliphatic carbocycles. The number of thioether (sulfide) groups is 1. The number of esters is 1. The van der Waals surface area contributed by atoms with E-state index in [1.807, 2.05) is 31.2 Å². The predicted octanol–water partition coefficient (Wildman–Crippen LogP) is 4.98. The van der Waals surface area contributed by atoms with Crippen LogP contribution in [0, 0.1) is 10.1 Å². The molecule has 40 heavy (non-hydrogen) atoms. The molecule has 10 nitrogen and oxygen atoms in total. The molecule has 0 saturated heterocycles. The number of nitro benzene ring substituents is 1. The first kappa shape index (κ1) is 29.0. The van der Waals surface area contributed by atoms with Crippen molar-refractivity contribution in [2.75, 3.05) is 32.3 Å². The second kappa shape index (κ2) is 12.5. The van der Waals surface area contributed by atoms with Crippen LogP contribution in [0.2, 0.25) is 0 Å². The van der Waals surface area contributed by atoms with Crippen molar-refractivity contribution in [3.8, 4) is 17.2 Å². The monoisotopic (exact) mass is 568 g/mol. The van der Waals surface area contributed by atoms with E-state index in [1.54, 1.807) is 25.8 Å². The van der Waals surface area contributed by atoms with Gasteiger partial charge in [-0.15, -0.1) is 0 Å². The van der Waals surface area contributed by atoms with Gasteiger partial charge in [-0.05, 0) is 42.4 Å².